The lowest BCUT2D eigenvalue weighted by Gasteiger charge is -2.35. The fraction of sp³-hybridized carbons (Fsp3) is 0.462. The minimum absolute atomic E-state index is 0.0121. The molecule has 0 aromatic heterocycles. The SMILES string of the molecule is Cc1c(O)cccc1C(=O)N(C)C1CCC1. The molecule has 0 saturated heterocycles. The number of phenols is 1. The monoisotopic (exact) mass is 219 g/mol. The van der Waals surface area contributed by atoms with Gasteiger partial charge in [-0.05, 0) is 38.3 Å². The molecule has 1 aromatic rings. The van der Waals surface area contributed by atoms with E-state index in [0.717, 1.165) is 12.8 Å². The van der Waals surface area contributed by atoms with Gasteiger partial charge < -0.3 is 10.0 Å². The minimum Gasteiger partial charge on any atom is -0.508 e. The number of aromatic hydroxyl groups is 1. The van der Waals surface area contributed by atoms with Crippen molar-refractivity contribution in [2.75, 3.05) is 7.05 Å². The summed E-state index contributed by atoms with van der Waals surface area (Å²) in [6, 6.07) is 5.47. The predicted molar refractivity (Wildman–Crippen MR) is 62.6 cm³/mol. The van der Waals surface area contributed by atoms with Crippen LogP contribution in [-0.4, -0.2) is 29.0 Å². The van der Waals surface area contributed by atoms with Crippen LogP contribution in [0, 0.1) is 6.92 Å². The Bertz CT molecular complexity index is 410. The molecule has 1 fully saturated rings. The molecule has 0 aliphatic heterocycles. The van der Waals surface area contributed by atoms with Crippen LogP contribution in [-0.2, 0) is 0 Å². The molecule has 0 atom stereocenters. The smallest absolute Gasteiger partial charge is 0.254 e. The molecule has 1 aromatic carbocycles. The molecule has 1 aliphatic carbocycles. The van der Waals surface area contributed by atoms with E-state index in [0.29, 0.717) is 17.2 Å². The number of carbonyl (C=O) groups is 1. The van der Waals surface area contributed by atoms with Crippen LogP contribution in [0.2, 0.25) is 0 Å². The largest absolute Gasteiger partial charge is 0.508 e. The number of carbonyl (C=O) groups excluding carboxylic acids is 1. The third-order valence-corrected chi connectivity index (χ3v) is 3.48. The highest BCUT2D eigenvalue weighted by atomic mass is 16.3. The molecule has 3 heteroatoms. The molecule has 16 heavy (non-hydrogen) atoms. The van der Waals surface area contributed by atoms with Crippen LogP contribution in [0.5, 0.6) is 5.75 Å². The first-order valence-electron chi connectivity index (χ1n) is 5.67. The van der Waals surface area contributed by atoms with Crippen molar-refractivity contribution in [2.45, 2.75) is 32.2 Å². The molecule has 0 radical (unpaired) electrons. The number of amides is 1. The Morgan fingerprint density at radius 2 is 2.12 bits per heavy atom. The zero-order valence-corrected chi connectivity index (χ0v) is 9.73. The van der Waals surface area contributed by atoms with Crippen molar-refractivity contribution in [1.29, 1.82) is 0 Å². The van der Waals surface area contributed by atoms with E-state index in [-0.39, 0.29) is 11.7 Å². The molecule has 0 heterocycles. The standard InChI is InChI=1S/C13H17NO2/c1-9-11(7-4-8-12(9)15)13(16)14(2)10-5-3-6-10/h4,7-8,10,15H,3,5-6H2,1-2H3. The maximum atomic E-state index is 12.2. The van der Waals surface area contributed by atoms with Crippen molar-refractivity contribution >= 4 is 5.91 Å². The van der Waals surface area contributed by atoms with Gasteiger partial charge in [0.2, 0.25) is 0 Å². The fourth-order valence-electron chi connectivity index (χ4n) is 1.98. The highest BCUT2D eigenvalue weighted by Crippen LogP contribution is 2.27. The average molecular weight is 219 g/mol. The maximum absolute atomic E-state index is 12.2. The van der Waals surface area contributed by atoms with E-state index in [1.165, 1.54) is 6.42 Å². The Labute approximate surface area is 95.7 Å². The molecule has 86 valence electrons. The van der Waals surface area contributed by atoms with Crippen LogP contribution in [0.25, 0.3) is 0 Å². The summed E-state index contributed by atoms with van der Waals surface area (Å²) in [7, 11) is 1.84. The molecule has 0 unspecified atom stereocenters. The Balaban J connectivity index is 2.22. The van der Waals surface area contributed by atoms with E-state index in [9.17, 15) is 9.90 Å². The van der Waals surface area contributed by atoms with Crippen molar-refractivity contribution in [3.05, 3.63) is 29.3 Å². The zero-order chi connectivity index (χ0) is 11.7. The van der Waals surface area contributed by atoms with Gasteiger partial charge in [-0.15, -0.1) is 0 Å². The van der Waals surface area contributed by atoms with Gasteiger partial charge in [-0.2, -0.15) is 0 Å². The van der Waals surface area contributed by atoms with Crippen molar-refractivity contribution < 1.29 is 9.90 Å². The average Bonchev–Trinajstić information content (AvgIpc) is 2.18. The van der Waals surface area contributed by atoms with E-state index >= 15 is 0 Å². The van der Waals surface area contributed by atoms with Gasteiger partial charge in [-0.3, -0.25) is 4.79 Å². The van der Waals surface area contributed by atoms with Crippen LogP contribution >= 0.6 is 0 Å². The molecule has 1 saturated carbocycles. The van der Waals surface area contributed by atoms with Crippen molar-refractivity contribution in [3.63, 3.8) is 0 Å². The van der Waals surface area contributed by atoms with Gasteiger partial charge >= 0.3 is 0 Å². The molecular formula is C13H17NO2. The zero-order valence-electron chi connectivity index (χ0n) is 9.73. The topological polar surface area (TPSA) is 40.5 Å². The number of hydrogen-bond donors (Lipinski definition) is 1. The third-order valence-electron chi connectivity index (χ3n) is 3.48. The summed E-state index contributed by atoms with van der Waals surface area (Å²) in [6.45, 7) is 1.77. The summed E-state index contributed by atoms with van der Waals surface area (Å²) in [4.78, 5) is 14.0. The van der Waals surface area contributed by atoms with Crippen LogP contribution in [0.3, 0.4) is 0 Å². The van der Waals surface area contributed by atoms with E-state index < -0.39 is 0 Å². The predicted octanol–water partition coefficient (Wildman–Crippen LogP) is 2.33. The number of phenolic OH excluding ortho intramolecular Hbond substituents is 1. The molecule has 1 amide bonds. The molecular weight excluding hydrogens is 202 g/mol. The Morgan fingerprint density at radius 3 is 2.69 bits per heavy atom. The lowest BCUT2D eigenvalue weighted by atomic mass is 9.91. The van der Waals surface area contributed by atoms with Crippen molar-refractivity contribution in [3.8, 4) is 5.75 Å². The van der Waals surface area contributed by atoms with Gasteiger partial charge in [-0.25, -0.2) is 0 Å². The first-order valence-corrected chi connectivity index (χ1v) is 5.67. The summed E-state index contributed by atoms with van der Waals surface area (Å²) in [5, 5.41) is 9.57. The lowest BCUT2D eigenvalue weighted by Crippen LogP contribution is -2.41. The first-order chi connectivity index (χ1) is 7.61. The maximum Gasteiger partial charge on any atom is 0.254 e. The molecule has 2 rings (SSSR count). The van der Waals surface area contributed by atoms with Crippen molar-refractivity contribution in [2.24, 2.45) is 0 Å². The van der Waals surface area contributed by atoms with E-state index in [2.05, 4.69) is 0 Å². The minimum atomic E-state index is 0.0121. The fourth-order valence-corrected chi connectivity index (χ4v) is 1.98. The van der Waals surface area contributed by atoms with Crippen LogP contribution in [0.4, 0.5) is 0 Å². The summed E-state index contributed by atoms with van der Waals surface area (Å²) < 4.78 is 0. The Morgan fingerprint density at radius 1 is 1.44 bits per heavy atom. The Kier molecular flexibility index (Phi) is 2.86. The summed E-state index contributed by atoms with van der Waals surface area (Å²) >= 11 is 0. The van der Waals surface area contributed by atoms with Gasteiger partial charge in [0.25, 0.3) is 5.91 Å². The van der Waals surface area contributed by atoms with Gasteiger partial charge in [0.15, 0.2) is 0 Å². The van der Waals surface area contributed by atoms with Crippen LogP contribution in [0.15, 0.2) is 18.2 Å². The van der Waals surface area contributed by atoms with Gasteiger partial charge in [0.1, 0.15) is 5.75 Å². The van der Waals surface area contributed by atoms with Crippen LogP contribution < -0.4 is 0 Å². The molecule has 1 aliphatic rings. The normalized spacial score (nSPS) is 15.6. The highest BCUT2D eigenvalue weighted by Gasteiger charge is 2.27. The van der Waals surface area contributed by atoms with E-state index in [4.69, 9.17) is 0 Å². The van der Waals surface area contributed by atoms with E-state index in [1.54, 1.807) is 30.0 Å². The number of rotatable bonds is 2. The van der Waals surface area contributed by atoms with Gasteiger partial charge in [0.05, 0.1) is 0 Å². The summed E-state index contributed by atoms with van der Waals surface area (Å²) in [5.41, 5.74) is 1.27. The Hall–Kier alpha value is -1.51. The highest BCUT2D eigenvalue weighted by molar-refractivity contribution is 5.96. The second-order valence-corrected chi connectivity index (χ2v) is 4.45. The molecule has 1 N–H and O–H groups in total. The quantitative estimate of drug-likeness (QED) is 0.829. The number of benzene rings is 1. The summed E-state index contributed by atoms with van der Waals surface area (Å²) in [5.74, 6) is 0.200. The van der Waals surface area contributed by atoms with Gasteiger partial charge in [0, 0.05) is 24.2 Å². The second kappa shape index (κ2) is 4.16. The molecule has 3 nitrogen and oxygen atoms in total. The molecule has 0 spiro atoms. The van der Waals surface area contributed by atoms with Crippen LogP contribution in [0.1, 0.15) is 35.2 Å². The summed E-state index contributed by atoms with van der Waals surface area (Å²) in [6.07, 6.45) is 3.40. The van der Waals surface area contributed by atoms with Gasteiger partial charge in [-0.1, -0.05) is 6.07 Å². The lowest BCUT2D eigenvalue weighted by molar-refractivity contribution is 0.0651. The van der Waals surface area contributed by atoms with Crippen molar-refractivity contribution in [1.82, 2.24) is 4.90 Å². The molecule has 0 bridgehead atoms. The van der Waals surface area contributed by atoms with E-state index in [1.807, 2.05) is 7.05 Å². The first kappa shape index (κ1) is 11.0. The second-order valence-electron chi connectivity index (χ2n) is 4.45. The third kappa shape index (κ3) is 1.77. The number of hydrogen-bond acceptors (Lipinski definition) is 2. The number of nitrogens with zero attached hydrogens (tertiary/aromatic N) is 1.